The monoisotopic (exact) mass is 475 g/mol. The lowest BCUT2D eigenvalue weighted by Gasteiger charge is -2.20. The highest BCUT2D eigenvalue weighted by molar-refractivity contribution is 7.16. The van der Waals surface area contributed by atoms with Crippen LogP contribution in [0.3, 0.4) is 0 Å². The second-order valence-electron chi connectivity index (χ2n) is 8.26. The van der Waals surface area contributed by atoms with Crippen LogP contribution in [0.15, 0.2) is 41.2 Å². The highest BCUT2D eigenvalue weighted by Crippen LogP contribution is 2.32. The zero-order chi connectivity index (χ0) is 23.8. The average Bonchev–Trinajstić information content (AvgIpc) is 3.18. The van der Waals surface area contributed by atoms with Crippen LogP contribution in [0.1, 0.15) is 43.1 Å². The van der Waals surface area contributed by atoms with Gasteiger partial charge < -0.3 is 30.4 Å². The summed E-state index contributed by atoms with van der Waals surface area (Å²) in [6, 6.07) is 11.2. The van der Waals surface area contributed by atoms with Crippen molar-refractivity contribution in [2.45, 2.75) is 51.7 Å². The number of phenols is 1. The van der Waals surface area contributed by atoms with E-state index in [2.05, 4.69) is 27.8 Å². The summed E-state index contributed by atoms with van der Waals surface area (Å²) in [5, 5.41) is 37.3. The van der Waals surface area contributed by atoms with Crippen LogP contribution in [-0.2, 0) is 17.7 Å². The van der Waals surface area contributed by atoms with E-state index in [1.807, 2.05) is 26.0 Å². The molecule has 3 rings (SSSR count). The number of aliphatic hydroxyl groups excluding tert-OH is 2. The zero-order valence-corrected chi connectivity index (χ0v) is 19.8. The smallest absolute Gasteiger partial charge is 0.305 e. The first-order chi connectivity index (χ1) is 15.8. The van der Waals surface area contributed by atoms with Crippen molar-refractivity contribution in [1.29, 1.82) is 0 Å². The van der Waals surface area contributed by atoms with E-state index in [0.29, 0.717) is 23.2 Å². The standard InChI is InChI=1S/C24H33N3O5S/c1-15(2)32-12-4-10-25-14-17-6-3-5-16(13-17)9-11-26-23(30)21(29)18-7-8-19(28)20-22(18)33-24(31)27-20/h3,5-8,13,15,21,23,25-26,28-30H,4,9-12,14H2,1-2H3,(H,27,31). The van der Waals surface area contributed by atoms with Crippen molar-refractivity contribution < 1.29 is 20.1 Å². The number of phenolic OH excluding ortho intramolecular Hbond substituents is 1. The number of aromatic nitrogens is 1. The van der Waals surface area contributed by atoms with Gasteiger partial charge in [0.2, 0.25) is 0 Å². The Morgan fingerprint density at radius 2 is 1.91 bits per heavy atom. The number of fused-ring (bicyclic) bond motifs is 1. The third-order valence-electron chi connectivity index (χ3n) is 5.24. The van der Waals surface area contributed by atoms with E-state index in [-0.39, 0.29) is 22.2 Å². The average molecular weight is 476 g/mol. The molecule has 1 heterocycles. The Balaban J connectivity index is 1.47. The Kier molecular flexibility index (Phi) is 9.42. The van der Waals surface area contributed by atoms with Gasteiger partial charge in [-0.3, -0.25) is 10.1 Å². The van der Waals surface area contributed by atoms with Crippen molar-refractivity contribution >= 4 is 21.6 Å². The number of aliphatic hydroxyl groups is 2. The number of benzene rings is 2. The summed E-state index contributed by atoms with van der Waals surface area (Å²) in [6.45, 7) is 6.95. The molecule has 1 aromatic heterocycles. The lowest BCUT2D eigenvalue weighted by atomic mass is 10.1. The first kappa shape index (κ1) is 25.4. The van der Waals surface area contributed by atoms with E-state index in [4.69, 9.17) is 4.74 Å². The minimum atomic E-state index is -1.24. The van der Waals surface area contributed by atoms with Crippen LogP contribution in [0.4, 0.5) is 0 Å². The summed E-state index contributed by atoms with van der Waals surface area (Å²) in [5.74, 6) is -0.0694. The topological polar surface area (TPSA) is 127 Å². The van der Waals surface area contributed by atoms with Gasteiger partial charge >= 0.3 is 4.87 Å². The van der Waals surface area contributed by atoms with Gasteiger partial charge in [-0.1, -0.05) is 41.7 Å². The number of rotatable bonds is 13. The summed E-state index contributed by atoms with van der Waals surface area (Å²) in [7, 11) is 0. The Labute approximate surface area is 197 Å². The zero-order valence-electron chi connectivity index (χ0n) is 19.0. The van der Waals surface area contributed by atoms with Crippen molar-refractivity contribution in [3.05, 3.63) is 62.8 Å². The molecule has 0 fully saturated rings. The van der Waals surface area contributed by atoms with E-state index >= 15 is 0 Å². The predicted octanol–water partition coefficient (Wildman–Crippen LogP) is 2.38. The van der Waals surface area contributed by atoms with E-state index < -0.39 is 12.3 Å². The number of hydrogen-bond donors (Lipinski definition) is 6. The first-order valence-electron chi connectivity index (χ1n) is 11.2. The van der Waals surface area contributed by atoms with Crippen molar-refractivity contribution in [2.75, 3.05) is 19.7 Å². The molecular formula is C24H33N3O5S. The molecular weight excluding hydrogens is 442 g/mol. The highest BCUT2D eigenvalue weighted by atomic mass is 32.1. The molecule has 0 spiro atoms. The molecule has 0 aliphatic rings. The van der Waals surface area contributed by atoms with Crippen molar-refractivity contribution in [2.24, 2.45) is 0 Å². The fraction of sp³-hybridized carbons (Fsp3) is 0.458. The molecule has 3 aromatic rings. The van der Waals surface area contributed by atoms with Crippen LogP contribution < -0.4 is 15.5 Å². The molecule has 0 radical (unpaired) electrons. The van der Waals surface area contributed by atoms with Gasteiger partial charge in [0.25, 0.3) is 0 Å². The van der Waals surface area contributed by atoms with Crippen LogP contribution in [-0.4, -0.2) is 52.3 Å². The number of nitrogens with one attached hydrogen (secondary N) is 3. The van der Waals surface area contributed by atoms with Crippen LogP contribution in [0.25, 0.3) is 10.2 Å². The number of aromatic amines is 1. The molecule has 2 atom stereocenters. The lowest BCUT2D eigenvalue weighted by molar-refractivity contribution is -0.00168. The maximum atomic E-state index is 11.7. The molecule has 6 N–H and O–H groups in total. The van der Waals surface area contributed by atoms with E-state index in [1.54, 1.807) is 0 Å². The SMILES string of the molecule is CC(C)OCCCNCc1cccc(CCNC(O)C(O)c2ccc(O)c3[nH]c(=O)sc23)c1. The number of hydrogen-bond acceptors (Lipinski definition) is 8. The fourth-order valence-corrected chi connectivity index (χ4v) is 4.47. The molecule has 33 heavy (non-hydrogen) atoms. The quantitative estimate of drug-likeness (QED) is 0.166. The van der Waals surface area contributed by atoms with Crippen LogP contribution in [0.5, 0.6) is 5.75 Å². The molecule has 0 amide bonds. The third kappa shape index (κ3) is 7.36. The van der Waals surface area contributed by atoms with E-state index in [0.717, 1.165) is 43.0 Å². The Bertz CT molecular complexity index is 1080. The summed E-state index contributed by atoms with van der Waals surface area (Å²) < 4.78 is 5.97. The summed E-state index contributed by atoms with van der Waals surface area (Å²) in [6.07, 6.45) is -0.545. The Morgan fingerprint density at radius 1 is 1.12 bits per heavy atom. The molecule has 8 nitrogen and oxygen atoms in total. The van der Waals surface area contributed by atoms with Gasteiger partial charge in [-0.15, -0.1) is 0 Å². The molecule has 0 aliphatic carbocycles. The summed E-state index contributed by atoms with van der Waals surface area (Å²) in [5.41, 5.74) is 2.97. The van der Waals surface area contributed by atoms with Gasteiger partial charge in [0.15, 0.2) is 0 Å². The molecule has 180 valence electrons. The number of ether oxygens (including phenoxy) is 1. The van der Waals surface area contributed by atoms with Gasteiger partial charge in [0.1, 0.15) is 23.6 Å². The van der Waals surface area contributed by atoms with E-state index in [9.17, 15) is 20.1 Å². The number of thiazole rings is 1. The lowest BCUT2D eigenvalue weighted by Crippen LogP contribution is -2.36. The van der Waals surface area contributed by atoms with Crippen molar-refractivity contribution in [3.8, 4) is 5.75 Å². The molecule has 2 unspecified atom stereocenters. The van der Waals surface area contributed by atoms with E-state index in [1.165, 1.54) is 17.7 Å². The second kappa shape index (κ2) is 12.3. The van der Waals surface area contributed by atoms with Crippen LogP contribution in [0.2, 0.25) is 0 Å². The molecule has 0 saturated carbocycles. The number of H-pyrrole nitrogens is 1. The first-order valence-corrected chi connectivity index (χ1v) is 12.0. The van der Waals surface area contributed by atoms with Crippen LogP contribution >= 0.6 is 11.3 Å². The maximum absolute atomic E-state index is 11.7. The van der Waals surface area contributed by atoms with Gasteiger partial charge in [-0.05, 0) is 50.4 Å². The Hall–Kier alpha value is -2.27. The third-order valence-corrected chi connectivity index (χ3v) is 6.17. The summed E-state index contributed by atoms with van der Waals surface area (Å²) in [4.78, 5) is 13.9. The number of aromatic hydroxyl groups is 1. The van der Waals surface area contributed by atoms with Gasteiger partial charge in [-0.25, -0.2) is 0 Å². The Morgan fingerprint density at radius 3 is 2.70 bits per heavy atom. The minimum Gasteiger partial charge on any atom is -0.506 e. The summed E-state index contributed by atoms with van der Waals surface area (Å²) >= 11 is 0.890. The molecule has 2 aromatic carbocycles. The fourth-order valence-electron chi connectivity index (χ4n) is 3.56. The molecule has 0 aliphatic heterocycles. The highest BCUT2D eigenvalue weighted by Gasteiger charge is 2.22. The normalized spacial score (nSPS) is 13.6. The molecule has 0 saturated heterocycles. The maximum Gasteiger partial charge on any atom is 0.305 e. The minimum absolute atomic E-state index is 0.0694. The van der Waals surface area contributed by atoms with Gasteiger partial charge in [0, 0.05) is 25.3 Å². The second-order valence-corrected chi connectivity index (χ2v) is 9.24. The molecule has 0 bridgehead atoms. The van der Waals surface area contributed by atoms with Gasteiger partial charge in [0.05, 0.1) is 10.8 Å². The van der Waals surface area contributed by atoms with Gasteiger partial charge in [-0.2, -0.15) is 0 Å². The molecule has 9 heteroatoms. The van der Waals surface area contributed by atoms with Crippen molar-refractivity contribution in [1.82, 2.24) is 15.6 Å². The predicted molar refractivity (Wildman–Crippen MR) is 131 cm³/mol. The largest absolute Gasteiger partial charge is 0.506 e. The van der Waals surface area contributed by atoms with Crippen LogP contribution in [0, 0.1) is 0 Å². The van der Waals surface area contributed by atoms with Crippen molar-refractivity contribution in [3.63, 3.8) is 0 Å².